The lowest BCUT2D eigenvalue weighted by atomic mass is 10.1. The largest absolute Gasteiger partial charge is 0.456 e. The van der Waals surface area contributed by atoms with E-state index in [9.17, 15) is 9.18 Å². The van der Waals surface area contributed by atoms with Crippen LogP contribution in [0.3, 0.4) is 0 Å². The molecule has 4 nitrogen and oxygen atoms in total. The molecule has 180 valence electrons. The zero-order chi connectivity index (χ0) is 24.6. The molecule has 35 heavy (non-hydrogen) atoms. The number of hydrogen-bond acceptors (Lipinski definition) is 3. The minimum Gasteiger partial charge on any atom is -0.456 e. The summed E-state index contributed by atoms with van der Waals surface area (Å²) < 4.78 is 20.5. The van der Waals surface area contributed by atoms with E-state index in [4.69, 9.17) is 4.42 Å². The van der Waals surface area contributed by atoms with E-state index in [1.807, 2.05) is 49.4 Å². The Hall–Kier alpha value is -3.70. The summed E-state index contributed by atoms with van der Waals surface area (Å²) in [7, 11) is 0. The average molecular weight is 471 g/mol. The third kappa shape index (κ3) is 5.69. The molecule has 1 aromatic heterocycles. The summed E-state index contributed by atoms with van der Waals surface area (Å²) in [5.74, 6) is -0.457. The number of furan rings is 1. The van der Waals surface area contributed by atoms with Gasteiger partial charge in [0.25, 0.3) is 0 Å². The molecule has 3 aromatic carbocycles. The second-order valence-corrected chi connectivity index (χ2v) is 8.45. The van der Waals surface area contributed by atoms with Gasteiger partial charge in [-0.15, -0.1) is 0 Å². The van der Waals surface area contributed by atoms with Gasteiger partial charge in [0.05, 0.1) is 6.54 Å². The summed E-state index contributed by atoms with van der Waals surface area (Å²) >= 11 is 0. The van der Waals surface area contributed by atoms with E-state index in [2.05, 4.69) is 24.4 Å². The smallest absolute Gasteiger partial charge is 0.241 e. The van der Waals surface area contributed by atoms with Crippen LogP contribution in [0.4, 0.5) is 4.39 Å². The summed E-state index contributed by atoms with van der Waals surface area (Å²) in [6.07, 6.45) is 7.81. The van der Waals surface area contributed by atoms with Crippen molar-refractivity contribution in [2.45, 2.75) is 33.2 Å². The number of fused-ring (bicyclic) bond motifs is 3. The van der Waals surface area contributed by atoms with Crippen molar-refractivity contribution < 1.29 is 13.6 Å². The first-order valence-electron chi connectivity index (χ1n) is 12.1. The van der Waals surface area contributed by atoms with Crippen LogP contribution in [0, 0.1) is 5.82 Å². The van der Waals surface area contributed by atoms with Crippen molar-refractivity contribution in [1.82, 2.24) is 10.2 Å². The van der Waals surface area contributed by atoms with E-state index >= 15 is 0 Å². The zero-order valence-electron chi connectivity index (χ0n) is 20.3. The second-order valence-electron chi connectivity index (χ2n) is 8.45. The van der Waals surface area contributed by atoms with Gasteiger partial charge in [0.2, 0.25) is 5.91 Å². The number of rotatable bonds is 10. The van der Waals surface area contributed by atoms with Gasteiger partial charge in [0.1, 0.15) is 17.0 Å². The van der Waals surface area contributed by atoms with Gasteiger partial charge in [-0.2, -0.15) is 0 Å². The number of halogens is 1. The lowest BCUT2D eigenvalue weighted by Crippen LogP contribution is -2.37. The number of benzene rings is 3. The lowest BCUT2D eigenvalue weighted by molar-refractivity contribution is -0.126. The molecule has 1 N–H and O–H groups in total. The molecule has 0 unspecified atom stereocenters. The Morgan fingerprint density at radius 3 is 2.57 bits per heavy atom. The van der Waals surface area contributed by atoms with Crippen LogP contribution in [-0.4, -0.2) is 23.9 Å². The molecule has 4 aromatic rings. The number of hydrogen-bond donors (Lipinski definition) is 1. The van der Waals surface area contributed by atoms with Gasteiger partial charge in [-0.1, -0.05) is 68.0 Å². The SMILES string of the molecule is C/C=C(/c1ccccc1F)N(C/C=C\CCC)C(=O)CNCc1ccc2oc3ccccc3c2c1. The summed E-state index contributed by atoms with van der Waals surface area (Å²) in [6.45, 7) is 5.00. The van der Waals surface area contributed by atoms with Gasteiger partial charge < -0.3 is 14.6 Å². The van der Waals surface area contributed by atoms with E-state index < -0.39 is 0 Å². The molecule has 0 saturated carbocycles. The Morgan fingerprint density at radius 2 is 1.77 bits per heavy atom. The molecular weight excluding hydrogens is 439 g/mol. The van der Waals surface area contributed by atoms with Crippen LogP contribution in [0.5, 0.6) is 0 Å². The number of nitrogens with one attached hydrogen (secondary N) is 1. The fourth-order valence-corrected chi connectivity index (χ4v) is 4.22. The first kappa shape index (κ1) is 24.4. The van der Waals surface area contributed by atoms with Crippen molar-refractivity contribution in [3.63, 3.8) is 0 Å². The van der Waals surface area contributed by atoms with Crippen molar-refractivity contribution >= 4 is 33.5 Å². The number of amides is 1. The minimum absolute atomic E-state index is 0.114. The molecule has 0 aliphatic heterocycles. The Labute approximate surface area is 205 Å². The van der Waals surface area contributed by atoms with Crippen LogP contribution >= 0.6 is 0 Å². The van der Waals surface area contributed by atoms with E-state index in [1.54, 1.807) is 29.2 Å². The molecule has 1 amide bonds. The zero-order valence-corrected chi connectivity index (χ0v) is 20.3. The highest BCUT2D eigenvalue weighted by Crippen LogP contribution is 2.29. The second kappa shape index (κ2) is 11.6. The molecule has 0 aliphatic carbocycles. The van der Waals surface area contributed by atoms with E-state index in [0.717, 1.165) is 40.3 Å². The third-order valence-electron chi connectivity index (χ3n) is 5.97. The molecule has 0 atom stereocenters. The maximum atomic E-state index is 14.6. The van der Waals surface area contributed by atoms with E-state index in [1.165, 1.54) is 6.07 Å². The Kier molecular flexibility index (Phi) is 8.11. The van der Waals surface area contributed by atoms with Gasteiger partial charge in [0.15, 0.2) is 0 Å². The third-order valence-corrected chi connectivity index (χ3v) is 5.97. The maximum Gasteiger partial charge on any atom is 0.241 e. The number of unbranched alkanes of at least 4 members (excludes halogenated alkanes) is 1. The molecule has 5 heteroatoms. The minimum atomic E-state index is -0.343. The lowest BCUT2D eigenvalue weighted by Gasteiger charge is -2.25. The van der Waals surface area contributed by atoms with Gasteiger partial charge in [0, 0.05) is 35.1 Å². The quantitative estimate of drug-likeness (QED) is 0.252. The molecule has 4 rings (SSSR count). The standard InChI is InChI=1S/C30H31FN2O2/c1-3-5-6-11-18-33(27(4-2)24-13-7-9-14-26(24)31)30(34)21-32-20-22-16-17-29-25(19-22)23-12-8-10-15-28(23)35-29/h4,6-17,19,32H,3,5,18,20-21H2,1-2H3/b11-6-,27-4-. The molecule has 0 fully saturated rings. The van der Waals surface area contributed by atoms with Crippen molar-refractivity contribution in [2.24, 2.45) is 0 Å². The molecule has 0 radical (unpaired) electrons. The fraction of sp³-hybridized carbons (Fsp3) is 0.233. The Morgan fingerprint density at radius 1 is 1.00 bits per heavy atom. The van der Waals surface area contributed by atoms with Crippen LogP contribution in [-0.2, 0) is 11.3 Å². The summed E-state index contributed by atoms with van der Waals surface area (Å²) in [5, 5.41) is 5.40. The van der Waals surface area contributed by atoms with Crippen molar-refractivity contribution in [1.29, 1.82) is 0 Å². The normalized spacial score (nSPS) is 12.1. The van der Waals surface area contributed by atoms with Crippen LogP contribution in [0.1, 0.15) is 37.8 Å². The highest BCUT2D eigenvalue weighted by molar-refractivity contribution is 6.05. The summed E-state index contributed by atoms with van der Waals surface area (Å²) in [5.41, 5.74) is 3.76. The first-order chi connectivity index (χ1) is 17.1. The molecule has 0 saturated heterocycles. The van der Waals surface area contributed by atoms with Gasteiger partial charge in [-0.3, -0.25) is 4.79 Å². The summed E-state index contributed by atoms with van der Waals surface area (Å²) in [4.78, 5) is 14.9. The first-order valence-corrected chi connectivity index (χ1v) is 12.1. The van der Waals surface area contributed by atoms with Gasteiger partial charge in [-0.25, -0.2) is 4.39 Å². The number of para-hydroxylation sites is 1. The monoisotopic (exact) mass is 470 g/mol. The van der Waals surface area contributed by atoms with Crippen LogP contribution in [0.15, 0.2) is 89.4 Å². The van der Waals surface area contributed by atoms with E-state index in [-0.39, 0.29) is 18.3 Å². The summed E-state index contributed by atoms with van der Waals surface area (Å²) in [6, 6.07) is 20.6. The van der Waals surface area contributed by atoms with Gasteiger partial charge >= 0.3 is 0 Å². The molecule has 0 spiro atoms. The van der Waals surface area contributed by atoms with E-state index in [0.29, 0.717) is 24.4 Å². The van der Waals surface area contributed by atoms with Crippen molar-refractivity contribution in [3.8, 4) is 0 Å². The molecular formula is C30H31FN2O2. The number of carbonyl (C=O) groups is 1. The van der Waals surface area contributed by atoms with Crippen LogP contribution in [0.25, 0.3) is 27.6 Å². The number of allylic oxidation sites excluding steroid dienone is 2. The predicted molar refractivity (Wildman–Crippen MR) is 141 cm³/mol. The van der Waals surface area contributed by atoms with Gasteiger partial charge in [-0.05, 0) is 49.2 Å². The van der Waals surface area contributed by atoms with Crippen LogP contribution in [0.2, 0.25) is 0 Å². The maximum absolute atomic E-state index is 14.6. The van der Waals surface area contributed by atoms with Crippen LogP contribution < -0.4 is 5.32 Å². The Balaban J connectivity index is 1.48. The number of carbonyl (C=O) groups excluding carboxylic acids is 1. The Bertz CT molecular complexity index is 1370. The fourth-order valence-electron chi connectivity index (χ4n) is 4.22. The topological polar surface area (TPSA) is 45.5 Å². The number of nitrogens with zero attached hydrogens (tertiary/aromatic N) is 1. The predicted octanol–water partition coefficient (Wildman–Crippen LogP) is 7.06. The average Bonchev–Trinajstić information content (AvgIpc) is 3.25. The highest BCUT2D eigenvalue weighted by atomic mass is 19.1. The van der Waals surface area contributed by atoms with Crippen molar-refractivity contribution in [3.05, 3.63) is 102 Å². The van der Waals surface area contributed by atoms with Crippen molar-refractivity contribution in [2.75, 3.05) is 13.1 Å². The molecule has 0 aliphatic rings. The molecule has 0 bridgehead atoms. The highest BCUT2D eigenvalue weighted by Gasteiger charge is 2.20. The molecule has 1 heterocycles.